The van der Waals surface area contributed by atoms with Crippen molar-refractivity contribution in [2.45, 2.75) is 18.6 Å². The molecule has 0 radical (unpaired) electrons. The normalized spacial score (nSPS) is 18.9. The average molecular weight is 408 g/mol. The van der Waals surface area contributed by atoms with Gasteiger partial charge >= 0.3 is 7.60 Å². The zero-order chi connectivity index (χ0) is 14.3. The Morgan fingerprint density at radius 1 is 1.38 bits per heavy atom. The molecule has 0 bridgehead atoms. The smallest absolute Gasteiger partial charge is 0.345 e. The third kappa shape index (κ3) is 3.51. The Hall–Kier alpha value is -0.408. The summed E-state index contributed by atoms with van der Waals surface area (Å²) in [6.07, 6.45) is 2.27. The van der Waals surface area contributed by atoms with Gasteiger partial charge in [0.1, 0.15) is 12.0 Å². The van der Waals surface area contributed by atoms with E-state index in [1.807, 2.05) is 0 Å². The summed E-state index contributed by atoms with van der Waals surface area (Å²) in [5.74, 6) is 0.359. The Kier molecular flexibility index (Phi) is 5.15. The van der Waals surface area contributed by atoms with Gasteiger partial charge in [-0.15, -0.1) is 13.1 Å². The SMILES string of the molecule is O=P(O)(O)Cn1cc(C2CC[N-]C2)c2c(O)cccc21.[Cd]. The van der Waals surface area contributed by atoms with E-state index in [2.05, 4.69) is 5.32 Å². The molecule has 3 rings (SSSR count). The maximum atomic E-state index is 11.3. The van der Waals surface area contributed by atoms with Gasteiger partial charge in [0, 0.05) is 38.9 Å². The first-order valence-electron chi connectivity index (χ1n) is 6.44. The molecule has 110 valence electrons. The summed E-state index contributed by atoms with van der Waals surface area (Å²) in [6, 6.07) is 5.04. The summed E-state index contributed by atoms with van der Waals surface area (Å²) in [7, 11) is -4.17. The van der Waals surface area contributed by atoms with Crippen molar-refractivity contribution in [2.24, 2.45) is 0 Å². The molecule has 1 atom stereocenters. The van der Waals surface area contributed by atoms with Crippen LogP contribution in [-0.4, -0.2) is 32.5 Å². The van der Waals surface area contributed by atoms with E-state index in [1.165, 1.54) is 4.57 Å². The fourth-order valence-corrected chi connectivity index (χ4v) is 3.46. The number of phenols is 1. The van der Waals surface area contributed by atoms with Crippen molar-refractivity contribution < 1.29 is 46.8 Å². The Balaban J connectivity index is 0.00000161. The molecule has 1 aromatic heterocycles. The minimum atomic E-state index is -4.17. The molecule has 1 saturated heterocycles. The summed E-state index contributed by atoms with van der Waals surface area (Å²) in [5.41, 5.74) is 1.57. The minimum absolute atomic E-state index is 0. The molecule has 0 amide bonds. The molecule has 0 aliphatic carbocycles. The van der Waals surface area contributed by atoms with Crippen LogP contribution in [0.15, 0.2) is 24.4 Å². The molecule has 1 fully saturated rings. The van der Waals surface area contributed by atoms with Crippen molar-refractivity contribution in [2.75, 3.05) is 13.1 Å². The van der Waals surface area contributed by atoms with Gasteiger partial charge in [-0.3, -0.25) is 4.57 Å². The molecular formula is C13H16CdN2O4P-. The van der Waals surface area contributed by atoms with E-state index in [-0.39, 0.29) is 45.3 Å². The van der Waals surface area contributed by atoms with E-state index >= 15 is 0 Å². The van der Waals surface area contributed by atoms with Gasteiger partial charge in [-0.2, -0.15) is 0 Å². The van der Waals surface area contributed by atoms with Crippen LogP contribution in [0, 0.1) is 0 Å². The van der Waals surface area contributed by atoms with Crippen molar-refractivity contribution in [1.82, 2.24) is 4.57 Å². The third-order valence-corrected chi connectivity index (χ3v) is 4.35. The summed E-state index contributed by atoms with van der Waals surface area (Å²) in [6.45, 7) is 1.49. The van der Waals surface area contributed by atoms with Gasteiger partial charge in [0.05, 0.1) is 5.52 Å². The van der Waals surface area contributed by atoms with E-state index < -0.39 is 7.60 Å². The van der Waals surface area contributed by atoms with Crippen LogP contribution in [0.25, 0.3) is 16.2 Å². The largest absolute Gasteiger partial charge is 0.662 e. The third-order valence-electron chi connectivity index (χ3n) is 3.68. The summed E-state index contributed by atoms with van der Waals surface area (Å²) in [4.78, 5) is 18.4. The van der Waals surface area contributed by atoms with Crippen LogP contribution < -0.4 is 0 Å². The first-order valence-corrected chi connectivity index (χ1v) is 8.24. The molecule has 1 unspecified atom stereocenters. The second-order valence-corrected chi connectivity index (χ2v) is 6.76. The van der Waals surface area contributed by atoms with Crippen LogP contribution in [-0.2, 0) is 38.1 Å². The number of hydrogen-bond donors (Lipinski definition) is 3. The predicted octanol–water partition coefficient (Wildman–Crippen LogP) is 2.34. The predicted molar refractivity (Wildman–Crippen MR) is 76.1 cm³/mol. The number of rotatable bonds is 3. The Labute approximate surface area is 142 Å². The molecule has 0 spiro atoms. The number of aromatic nitrogens is 1. The summed E-state index contributed by atoms with van der Waals surface area (Å²) >= 11 is 0. The maximum Gasteiger partial charge on any atom is 0.345 e. The molecule has 0 saturated carbocycles. The van der Waals surface area contributed by atoms with Crippen molar-refractivity contribution >= 4 is 18.5 Å². The number of hydrogen-bond acceptors (Lipinski definition) is 2. The molecule has 2 aromatic rings. The molecule has 3 N–H and O–H groups in total. The van der Waals surface area contributed by atoms with E-state index in [0.717, 1.165) is 18.5 Å². The zero-order valence-electron chi connectivity index (χ0n) is 11.5. The summed E-state index contributed by atoms with van der Waals surface area (Å²) < 4.78 is 12.8. The zero-order valence-corrected chi connectivity index (χ0v) is 16.4. The fourth-order valence-electron chi connectivity index (χ4n) is 2.83. The molecule has 6 nitrogen and oxygen atoms in total. The minimum Gasteiger partial charge on any atom is -0.662 e. The van der Waals surface area contributed by atoms with Crippen molar-refractivity contribution in [3.05, 3.63) is 35.3 Å². The van der Waals surface area contributed by atoms with Crippen LogP contribution in [0.1, 0.15) is 17.9 Å². The number of nitrogens with zero attached hydrogens (tertiary/aromatic N) is 2. The van der Waals surface area contributed by atoms with E-state index in [9.17, 15) is 19.5 Å². The van der Waals surface area contributed by atoms with Crippen molar-refractivity contribution in [1.29, 1.82) is 0 Å². The van der Waals surface area contributed by atoms with Gasteiger partial charge in [0.2, 0.25) is 0 Å². The first-order chi connectivity index (χ1) is 9.46. The second kappa shape index (κ2) is 6.38. The fraction of sp³-hybridized carbons (Fsp3) is 0.385. The molecule has 1 aliphatic heterocycles. The van der Waals surface area contributed by atoms with Gasteiger partial charge < -0.3 is 24.8 Å². The summed E-state index contributed by atoms with van der Waals surface area (Å²) in [5, 5.41) is 15.1. The van der Waals surface area contributed by atoms with Gasteiger partial charge in [0.25, 0.3) is 0 Å². The van der Waals surface area contributed by atoms with Gasteiger partial charge in [-0.1, -0.05) is 12.5 Å². The Bertz CT molecular complexity index is 691. The quantitative estimate of drug-likeness (QED) is 0.537. The molecular weight excluding hydrogens is 392 g/mol. The van der Waals surface area contributed by atoms with Crippen molar-refractivity contribution in [3.8, 4) is 5.75 Å². The van der Waals surface area contributed by atoms with E-state index in [1.54, 1.807) is 24.4 Å². The van der Waals surface area contributed by atoms with Crippen LogP contribution in [0.2, 0.25) is 0 Å². The maximum absolute atomic E-state index is 11.3. The van der Waals surface area contributed by atoms with Gasteiger partial charge in [-0.05, 0) is 23.6 Å². The molecule has 1 aromatic carbocycles. The monoisotopic (exact) mass is 409 g/mol. The van der Waals surface area contributed by atoms with Crippen LogP contribution in [0.3, 0.4) is 0 Å². The van der Waals surface area contributed by atoms with Crippen molar-refractivity contribution in [3.63, 3.8) is 0 Å². The number of aromatic hydroxyl groups is 1. The average Bonchev–Trinajstić information content (AvgIpc) is 2.96. The van der Waals surface area contributed by atoms with Gasteiger partial charge in [-0.25, -0.2) is 0 Å². The Morgan fingerprint density at radius 3 is 2.76 bits per heavy atom. The molecule has 21 heavy (non-hydrogen) atoms. The second-order valence-electron chi connectivity index (χ2n) is 5.15. The molecule has 8 heteroatoms. The van der Waals surface area contributed by atoms with E-state index in [0.29, 0.717) is 17.4 Å². The Morgan fingerprint density at radius 2 is 2.14 bits per heavy atom. The topological polar surface area (TPSA) is 96.8 Å². The van der Waals surface area contributed by atoms with Crippen LogP contribution in [0.4, 0.5) is 0 Å². The van der Waals surface area contributed by atoms with Crippen LogP contribution >= 0.6 is 7.60 Å². The van der Waals surface area contributed by atoms with E-state index in [4.69, 9.17) is 0 Å². The first kappa shape index (κ1) is 17.0. The molecule has 2 heterocycles. The number of benzene rings is 1. The standard InChI is InChI=1S/C13H16N2O4P.Cd/c16-12-3-1-2-11-13(12)10(9-4-5-14-6-9)7-15(11)8-20(17,18)19;/h1-3,7,9,16H,4-6,8H2,(H2,17,18,19);/q-1;. The molecule has 1 aliphatic rings. The number of phenolic OH excluding ortho intramolecular Hbond substituents is 1. The van der Waals surface area contributed by atoms with Gasteiger partial charge in [0.15, 0.2) is 0 Å². The van der Waals surface area contributed by atoms with Crippen LogP contribution in [0.5, 0.6) is 5.75 Å². The number of fused-ring (bicyclic) bond motifs is 1.